The Kier molecular flexibility index (Phi) is 4.53. The van der Waals surface area contributed by atoms with Gasteiger partial charge in [0.25, 0.3) is 11.8 Å². The van der Waals surface area contributed by atoms with Crippen LogP contribution >= 0.6 is 0 Å². The highest BCUT2D eigenvalue weighted by molar-refractivity contribution is 6.50. The van der Waals surface area contributed by atoms with E-state index in [1.54, 1.807) is 42.5 Å². The Bertz CT molecular complexity index is 922. The van der Waals surface area contributed by atoms with Crippen molar-refractivity contribution >= 4 is 34.8 Å². The second-order valence-electron chi connectivity index (χ2n) is 6.06. The first-order chi connectivity index (χ1) is 12.4. The molecule has 0 spiro atoms. The van der Waals surface area contributed by atoms with Gasteiger partial charge in [0.05, 0.1) is 5.69 Å². The first-order valence-electron chi connectivity index (χ1n) is 8.04. The van der Waals surface area contributed by atoms with Crippen LogP contribution in [-0.4, -0.2) is 23.4 Å². The molecule has 3 rings (SSSR count). The number of aryl methyl sites for hydroxylation is 2. The minimum absolute atomic E-state index is 0.195. The number of hydrogen-bond acceptors (Lipinski definition) is 5. The van der Waals surface area contributed by atoms with Crippen molar-refractivity contribution in [3.63, 3.8) is 0 Å². The van der Waals surface area contributed by atoms with Crippen molar-refractivity contribution in [3.8, 4) is 0 Å². The molecule has 0 radical (unpaired) electrons. The monoisotopic (exact) mass is 350 g/mol. The smallest absolute Gasteiger partial charge is 0.293 e. The van der Waals surface area contributed by atoms with Crippen LogP contribution in [0.2, 0.25) is 0 Å². The molecule has 7 nitrogen and oxygen atoms in total. The van der Waals surface area contributed by atoms with Crippen molar-refractivity contribution in [3.05, 3.63) is 59.7 Å². The Morgan fingerprint density at radius 1 is 1.08 bits per heavy atom. The van der Waals surface area contributed by atoms with Gasteiger partial charge in [-0.1, -0.05) is 24.3 Å². The fourth-order valence-electron chi connectivity index (χ4n) is 2.61. The van der Waals surface area contributed by atoms with Gasteiger partial charge >= 0.3 is 0 Å². The molecule has 1 atom stereocenters. The number of nitrogens with zero attached hydrogens (tertiary/aromatic N) is 2. The van der Waals surface area contributed by atoms with Crippen LogP contribution in [0.4, 0.5) is 11.4 Å². The van der Waals surface area contributed by atoms with Gasteiger partial charge in [-0.05, 0) is 49.2 Å². The second kappa shape index (κ2) is 6.79. The van der Waals surface area contributed by atoms with Crippen molar-refractivity contribution < 1.29 is 14.4 Å². The second-order valence-corrected chi connectivity index (χ2v) is 6.06. The number of benzene rings is 2. The summed E-state index contributed by atoms with van der Waals surface area (Å²) in [5.74, 6) is -4.10. The Balaban J connectivity index is 1.77. The largest absolute Gasteiger partial charge is 0.385 e. The molecule has 1 heterocycles. The quantitative estimate of drug-likeness (QED) is 0.647. The van der Waals surface area contributed by atoms with Gasteiger partial charge in [-0.3, -0.25) is 14.4 Å². The highest BCUT2D eigenvalue weighted by Crippen LogP contribution is 2.23. The summed E-state index contributed by atoms with van der Waals surface area (Å²) in [5.41, 5.74) is 8.76. The molecule has 0 saturated carbocycles. The molecule has 2 aromatic carbocycles. The van der Waals surface area contributed by atoms with Crippen LogP contribution in [0.1, 0.15) is 11.1 Å². The molecule has 7 heteroatoms. The molecule has 2 amide bonds. The predicted molar refractivity (Wildman–Crippen MR) is 98.6 cm³/mol. The van der Waals surface area contributed by atoms with Crippen LogP contribution in [0.25, 0.3) is 0 Å². The number of amidine groups is 1. The number of carbonyl (C=O) groups excluding carboxylic acids is 3. The minimum Gasteiger partial charge on any atom is -0.385 e. The van der Waals surface area contributed by atoms with Crippen molar-refractivity contribution in [1.29, 1.82) is 0 Å². The molecule has 1 aliphatic heterocycles. The lowest BCUT2D eigenvalue weighted by atomic mass is 10.0. The van der Waals surface area contributed by atoms with Crippen molar-refractivity contribution in [1.82, 2.24) is 0 Å². The maximum Gasteiger partial charge on any atom is 0.293 e. The van der Waals surface area contributed by atoms with Crippen LogP contribution in [0.5, 0.6) is 0 Å². The minimum atomic E-state index is -1.42. The van der Waals surface area contributed by atoms with Crippen LogP contribution in [0.15, 0.2) is 53.6 Å². The van der Waals surface area contributed by atoms with Crippen LogP contribution in [0, 0.1) is 19.8 Å². The molecule has 0 aromatic heterocycles. The van der Waals surface area contributed by atoms with Gasteiger partial charge in [0.2, 0.25) is 5.78 Å². The topological polar surface area (TPSA) is 105 Å². The molecule has 0 saturated heterocycles. The predicted octanol–water partition coefficient (Wildman–Crippen LogP) is 1.75. The number of hydrazone groups is 1. The van der Waals surface area contributed by atoms with Crippen LogP contribution < -0.4 is 16.1 Å². The summed E-state index contributed by atoms with van der Waals surface area (Å²) in [5, 5.41) is 7.49. The van der Waals surface area contributed by atoms with E-state index in [4.69, 9.17) is 5.73 Å². The Hall–Kier alpha value is -3.48. The Morgan fingerprint density at radius 2 is 1.77 bits per heavy atom. The molecular formula is C19H18N4O3. The average Bonchev–Trinajstić information content (AvgIpc) is 2.92. The third kappa shape index (κ3) is 3.19. The lowest BCUT2D eigenvalue weighted by Gasteiger charge is -2.13. The summed E-state index contributed by atoms with van der Waals surface area (Å²) in [6, 6.07) is 13.9. The average molecular weight is 350 g/mol. The molecule has 0 unspecified atom stereocenters. The van der Waals surface area contributed by atoms with Gasteiger partial charge in [-0.25, -0.2) is 0 Å². The van der Waals surface area contributed by atoms with Crippen LogP contribution in [0.3, 0.4) is 0 Å². The van der Waals surface area contributed by atoms with Gasteiger partial charge in [-0.15, -0.1) is 0 Å². The lowest BCUT2D eigenvalue weighted by molar-refractivity contribution is -0.138. The van der Waals surface area contributed by atoms with E-state index in [1.807, 2.05) is 19.9 Å². The molecule has 0 aliphatic carbocycles. The van der Waals surface area contributed by atoms with E-state index in [0.29, 0.717) is 11.4 Å². The van der Waals surface area contributed by atoms with E-state index in [1.165, 1.54) is 0 Å². The molecule has 0 bridgehead atoms. The van der Waals surface area contributed by atoms with E-state index < -0.39 is 23.5 Å². The summed E-state index contributed by atoms with van der Waals surface area (Å²) in [6.07, 6.45) is 0. The van der Waals surface area contributed by atoms with E-state index >= 15 is 0 Å². The van der Waals surface area contributed by atoms with Gasteiger partial charge in [0, 0.05) is 5.69 Å². The Labute approximate surface area is 150 Å². The fraction of sp³-hybridized carbons (Fsp3) is 0.158. The van der Waals surface area contributed by atoms with E-state index in [0.717, 1.165) is 16.1 Å². The first-order valence-corrected chi connectivity index (χ1v) is 8.04. The maximum absolute atomic E-state index is 12.5. The number of nitrogens with one attached hydrogen (secondary N) is 1. The summed E-state index contributed by atoms with van der Waals surface area (Å²) < 4.78 is 0. The summed E-state index contributed by atoms with van der Waals surface area (Å²) >= 11 is 0. The van der Waals surface area contributed by atoms with Crippen molar-refractivity contribution in [2.45, 2.75) is 13.8 Å². The Morgan fingerprint density at radius 3 is 2.42 bits per heavy atom. The summed E-state index contributed by atoms with van der Waals surface area (Å²) in [7, 11) is 0. The van der Waals surface area contributed by atoms with Gasteiger partial charge < -0.3 is 11.1 Å². The first kappa shape index (κ1) is 17.3. The molecule has 2 aromatic rings. The number of rotatable bonds is 4. The van der Waals surface area contributed by atoms with E-state index in [-0.39, 0.29) is 5.84 Å². The zero-order valence-electron chi connectivity index (χ0n) is 14.4. The SMILES string of the molecule is Cc1ccc(NC(=O)C(=O)[C@H]2C(=O)N(c3ccccc3)N=C2N)cc1C. The number of Topliss-reactive ketones (excluding diaryl/α,β-unsaturated/α-hetero) is 1. The number of amides is 2. The number of anilines is 2. The molecule has 0 fully saturated rings. The van der Waals surface area contributed by atoms with E-state index in [9.17, 15) is 14.4 Å². The number of carbonyl (C=O) groups is 3. The molecule has 1 aliphatic rings. The maximum atomic E-state index is 12.5. The molecule has 132 valence electrons. The molecular weight excluding hydrogens is 332 g/mol. The third-order valence-electron chi connectivity index (χ3n) is 4.22. The van der Waals surface area contributed by atoms with Crippen molar-refractivity contribution in [2.75, 3.05) is 10.3 Å². The number of nitrogens with two attached hydrogens (primary N) is 1. The number of para-hydroxylation sites is 1. The fourth-order valence-corrected chi connectivity index (χ4v) is 2.61. The molecule has 26 heavy (non-hydrogen) atoms. The number of hydrogen-bond donors (Lipinski definition) is 2. The van der Waals surface area contributed by atoms with Gasteiger partial charge in [0.1, 0.15) is 5.84 Å². The third-order valence-corrected chi connectivity index (χ3v) is 4.22. The molecule has 3 N–H and O–H groups in total. The number of ketones is 1. The zero-order chi connectivity index (χ0) is 18.8. The highest BCUT2D eigenvalue weighted by atomic mass is 16.2. The zero-order valence-corrected chi connectivity index (χ0v) is 14.4. The standard InChI is InChI=1S/C19H18N4O3/c1-11-8-9-13(10-12(11)2)21-18(25)16(24)15-17(20)22-23(19(15)26)14-6-4-3-5-7-14/h3-10,15H,1-2H3,(H2,20,22)(H,21,25)/t15-/m1/s1. The van der Waals surface area contributed by atoms with Crippen LogP contribution in [-0.2, 0) is 14.4 Å². The van der Waals surface area contributed by atoms with Crippen molar-refractivity contribution in [2.24, 2.45) is 16.8 Å². The lowest BCUT2D eigenvalue weighted by Crippen LogP contribution is -2.41. The normalized spacial score (nSPS) is 16.4. The van der Waals surface area contributed by atoms with Gasteiger partial charge in [0.15, 0.2) is 5.92 Å². The summed E-state index contributed by atoms with van der Waals surface area (Å²) in [6.45, 7) is 3.84. The summed E-state index contributed by atoms with van der Waals surface area (Å²) in [4.78, 5) is 37.3. The van der Waals surface area contributed by atoms with Gasteiger partial charge in [-0.2, -0.15) is 10.1 Å². The highest BCUT2D eigenvalue weighted by Gasteiger charge is 2.43. The van der Waals surface area contributed by atoms with E-state index in [2.05, 4.69) is 10.4 Å².